The Balaban J connectivity index is 2.30. The van der Waals surface area contributed by atoms with Crippen LogP contribution < -0.4 is 0 Å². The van der Waals surface area contributed by atoms with Gasteiger partial charge in [-0.15, -0.1) is 10.2 Å². The monoisotopic (exact) mass is 349 g/mol. The number of nitrogens with zero attached hydrogens (tertiary/aromatic N) is 5. The third kappa shape index (κ3) is 2.83. The van der Waals surface area contributed by atoms with Gasteiger partial charge in [-0.25, -0.2) is 0 Å². The Bertz CT molecular complexity index is 942. The molecule has 0 N–H and O–H groups in total. The van der Waals surface area contributed by atoms with Crippen LogP contribution in [0.25, 0.3) is 10.9 Å². The van der Waals surface area contributed by atoms with Gasteiger partial charge < -0.3 is 0 Å². The molecular formula is C12H7N5O4S2. The average Bonchev–Trinajstić information content (AvgIpc) is 2.92. The zero-order valence-corrected chi connectivity index (χ0v) is 13.1. The molecule has 0 amide bonds. The maximum absolute atomic E-state index is 11.3. The topological polar surface area (TPSA) is 125 Å². The highest BCUT2D eigenvalue weighted by molar-refractivity contribution is 8.01. The van der Waals surface area contributed by atoms with E-state index >= 15 is 0 Å². The number of nitro groups is 2. The molecule has 3 rings (SSSR count). The number of hydrogen-bond acceptors (Lipinski definition) is 9. The van der Waals surface area contributed by atoms with E-state index in [1.54, 1.807) is 13.0 Å². The predicted octanol–water partition coefficient (Wildman–Crippen LogP) is 3.36. The first-order valence-corrected chi connectivity index (χ1v) is 7.79. The predicted molar refractivity (Wildman–Crippen MR) is 83.8 cm³/mol. The quantitative estimate of drug-likeness (QED) is 0.518. The van der Waals surface area contributed by atoms with Crippen LogP contribution in [0.15, 0.2) is 33.6 Å². The van der Waals surface area contributed by atoms with E-state index in [0.29, 0.717) is 9.35 Å². The third-order valence-electron chi connectivity index (χ3n) is 2.90. The Labute approximate surface area is 136 Å². The third-order valence-corrected chi connectivity index (χ3v) is 4.89. The first-order chi connectivity index (χ1) is 11.0. The molecule has 23 heavy (non-hydrogen) atoms. The van der Waals surface area contributed by atoms with E-state index in [1.807, 2.05) is 0 Å². The van der Waals surface area contributed by atoms with Crippen molar-refractivity contribution < 1.29 is 9.85 Å². The second-order valence-corrected chi connectivity index (χ2v) is 6.79. The molecule has 3 aromatic rings. The molecule has 0 saturated heterocycles. The molecule has 1 aromatic carbocycles. The molecule has 116 valence electrons. The summed E-state index contributed by atoms with van der Waals surface area (Å²) in [4.78, 5) is 25.5. The molecule has 0 bridgehead atoms. The van der Waals surface area contributed by atoms with Crippen molar-refractivity contribution in [3.63, 3.8) is 0 Å². The minimum absolute atomic E-state index is 0.200. The van der Waals surface area contributed by atoms with Crippen LogP contribution in [0.4, 0.5) is 11.4 Å². The lowest BCUT2D eigenvalue weighted by atomic mass is 10.1. The average molecular weight is 349 g/mol. The van der Waals surface area contributed by atoms with Crippen molar-refractivity contribution in [2.75, 3.05) is 0 Å². The standard InChI is InChI=1S/C12H7N5O4S2/c1-6-14-15-12(22-6)23-11-9(17(20)21)5-8(16(18)19)7-3-2-4-13-10(7)11/h2-5H,1H3. The summed E-state index contributed by atoms with van der Waals surface area (Å²) in [5.74, 6) is 0. The zero-order valence-electron chi connectivity index (χ0n) is 11.5. The summed E-state index contributed by atoms with van der Waals surface area (Å²) in [7, 11) is 0. The number of hydrogen-bond donors (Lipinski definition) is 0. The first-order valence-electron chi connectivity index (χ1n) is 6.16. The Morgan fingerprint density at radius 2 is 1.91 bits per heavy atom. The Morgan fingerprint density at radius 3 is 2.52 bits per heavy atom. The summed E-state index contributed by atoms with van der Waals surface area (Å²) in [5.41, 5.74) is -0.524. The van der Waals surface area contributed by atoms with Gasteiger partial charge in [0, 0.05) is 6.20 Å². The van der Waals surface area contributed by atoms with Crippen molar-refractivity contribution in [1.82, 2.24) is 15.2 Å². The fourth-order valence-electron chi connectivity index (χ4n) is 1.98. The highest BCUT2D eigenvalue weighted by atomic mass is 32.2. The van der Waals surface area contributed by atoms with Gasteiger partial charge in [-0.2, -0.15) is 0 Å². The van der Waals surface area contributed by atoms with Gasteiger partial charge in [0.1, 0.15) is 9.90 Å². The normalized spacial score (nSPS) is 10.8. The number of rotatable bonds is 4. The van der Waals surface area contributed by atoms with Gasteiger partial charge in [0.05, 0.1) is 26.8 Å². The highest BCUT2D eigenvalue weighted by Gasteiger charge is 2.27. The lowest BCUT2D eigenvalue weighted by Gasteiger charge is -2.05. The maximum Gasteiger partial charge on any atom is 0.292 e. The number of aromatic nitrogens is 3. The van der Waals surface area contributed by atoms with Crippen molar-refractivity contribution >= 4 is 45.4 Å². The summed E-state index contributed by atoms with van der Waals surface area (Å²) in [5, 5.41) is 31.3. The number of non-ortho nitro benzene ring substituents is 1. The minimum Gasteiger partial charge on any atom is -0.258 e. The van der Waals surface area contributed by atoms with E-state index in [1.165, 1.54) is 23.6 Å². The van der Waals surface area contributed by atoms with Crippen molar-refractivity contribution in [1.29, 1.82) is 0 Å². The summed E-state index contributed by atoms with van der Waals surface area (Å²) in [6, 6.07) is 4.02. The molecule has 0 spiro atoms. The summed E-state index contributed by atoms with van der Waals surface area (Å²) < 4.78 is 0.506. The van der Waals surface area contributed by atoms with Gasteiger partial charge in [-0.3, -0.25) is 25.2 Å². The van der Waals surface area contributed by atoms with Crippen LogP contribution in [-0.4, -0.2) is 25.0 Å². The van der Waals surface area contributed by atoms with Crippen molar-refractivity contribution in [2.24, 2.45) is 0 Å². The molecular weight excluding hydrogens is 342 g/mol. The molecule has 11 heteroatoms. The van der Waals surface area contributed by atoms with Gasteiger partial charge in [0.15, 0.2) is 4.34 Å². The number of pyridine rings is 1. The number of nitro benzene ring substituents is 2. The Morgan fingerprint density at radius 1 is 1.17 bits per heavy atom. The van der Waals surface area contributed by atoms with Gasteiger partial charge in [0.2, 0.25) is 0 Å². The molecule has 0 unspecified atom stereocenters. The summed E-state index contributed by atoms with van der Waals surface area (Å²) >= 11 is 2.31. The largest absolute Gasteiger partial charge is 0.292 e. The van der Waals surface area contributed by atoms with Crippen LogP contribution in [0.5, 0.6) is 0 Å². The van der Waals surface area contributed by atoms with E-state index in [-0.39, 0.29) is 27.2 Å². The molecule has 0 aliphatic rings. The van der Waals surface area contributed by atoms with Crippen LogP contribution >= 0.6 is 23.1 Å². The SMILES string of the molecule is Cc1nnc(Sc2c([N+](=O)[O-])cc([N+](=O)[O-])c3cccnc23)s1. The fraction of sp³-hybridized carbons (Fsp3) is 0.0833. The van der Waals surface area contributed by atoms with Crippen molar-refractivity contribution in [3.05, 3.63) is 49.6 Å². The Hall–Kier alpha value is -2.66. The molecule has 9 nitrogen and oxygen atoms in total. The molecule has 0 radical (unpaired) electrons. The smallest absolute Gasteiger partial charge is 0.258 e. The molecule has 0 saturated carbocycles. The van der Waals surface area contributed by atoms with Crippen LogP contribution in [0.2, 0.25) is 0 Å². The van der Waals surface area contributed by atoms with Crippen LogP contribution in [0.1, 0.15) is 5.01 Å². The van der Waals surface area contributed by atoms with Gasteiger partial charge >= 0.3 is 0 Å². The Kier molecular flexibility index (Phi) is 3.88. The minimum atomic E-state index is -0.655. The van der Waals surface area contributed by atoms with Gasteiger partial charge in [-0.05, 0) is 30.8 Å². The molecule has 0 fully saturated rings. The highest BCUT2D eigenvalue weighted by Crippen LogP contribution is 2.43. The molecule has 0 aliphatic heterocycles. The van der Waals surface area contributed by atoms with Crippen LogP contribution in [-0.2, 0) is 0 Å². The first kappa shape index (κ1) is 15.2. The molecule has 2 aromatic heterocycles. The number of aryl methyl sites for hydroxylation is 1. The number of benzene rings is 1. The molecule has 0 atom stereocenters. The van der Waals surface area contributed by atoms with Crippen molar-refractivity contribution in [3.8, 4) is 0 Å². The second kappa shape index (κ2) is 5.85. The molecule has 2 heterocycles. The van der Waals surface area contributed by atoms with E-state index in [4.69, 9.17) is 0 Å². The second-order valence-electron chi connectivity index (χ2n) is 4.35. The fourth-order valence-corrected chi connectivity index (χ4v) is 3.93. The lowest BCUT2D eigenvalue weighted by Crippen LogP contribution is -1.98. The van der Waals surface area contributed by atoms with E-state index in [9.17, 15) is 20.2 Å². The molecule has 0 aliphatic carbocycles. The van der Waals surface area contributed by atoms with Crippen molar-refractivity contribution in [2.45, 2.75) is 16.2 Å². The summed E-state index contributed by atoms with van der Waals surface area (Å²) in [6.45, 7) is 1.77. The van der Waals surface area contributed by atoms with Gasteiger partial charge in [0.25, 0.3) is 11.4 Å². The summed E-state index contributed by atoms with van der Waals surface area (Å²) in [6.07, 6.45) is 1.44. The maximum atomic E-state index is 11.3. The van der Waals surface area contributed by atoms with E-state index in [0.717, 1.165) is 17.8 Å². The van der Waals surface area contributed by atoms with Crippen LogP contribution in [0.3, 0.4) is 0 Å². The van der Waals surface area contributed by atoms with E-state index < -0.39 is 9.85 Å². The van der Waals surface area contributed by atoms with E-state index in [2.05, 4.69) is 15.2 Å². The van der Waals surface area contributed by atoms with Crippen LogP contribution in [0, 0.1) is 27.2 Å². The lowest BCUT2D eigenvalue weighted by molar-refractivity contribution is -0.394. The zero-order chi connectivity index (χ0) is 16.6. The van der Waals surface area contributed by atoms with Gasteiger partial charge in [-0.1, -0.05) is 11.3 Å². The number of fused-ring (bicyclic) bond motifs is 1.